The van der Waals surface area contributed by atoms with Crippen molar-refractivity contribution in [3.05, 3.63) is 21.9 Å². The molecule has 0 saturated carbocycles. The summed E-state index contributed by atoms with van der Waals surface area (Å²) < 4.78 is 0. The normalized spacial score (nSPS) is 23.5. The number of aryl methyl sites for hydroxylation is 1. The van der Waals surface area contributed by atoms with Gasteiger partial charge in [0.1, 0.15) is 0 Å². The highest BCUT2D eigenvalue weighted by Gasteiger charge is 2.31. The molecular weight excluding hydrogens is 260 g/mol. The van der Waals surface area contributed by atoms with Crippen molar-refractivity contribution in [2.75, 3.05) is 18.6 Å². The number of thioether (sulfide) groups is 1. The molecule has 2 nitrogen and oxygen atoms in total. The van der Waals surface area contributed by atoms with Gasteiger partial charge in [-0.3, -0.25) is 4.90 Å². The minimum absolute atomic E-state index is 0.234. The number of nitrogens with zero attached hydrogens (tertiary/aromatic N) is 1. The van der Waals surface area contributed by atoms with Gasteiger partial charge in [0.25, 0.3) is 0 Å². The van der Waals surface area contributed by atoms with Gasteiger partial charge in [-0.1, -0.05) is 6.92 Å². The first kappa shape index (κ1) is 14.4. The summed E-state index contributed by atoms with van der Waals surface area (Å²) in [7, 11) is 2.26. The molecule has 1 fully saturated rings. The highest BCUT2D eigenvalue weighted by atomic mass is 32.2. The predicted molar refractivity (Wildman–Crippen MR) is 83.6 cm³/mol. The average Bonchev–Trinajstić information content (AvgIpc) is 3.01. The van der Waals surface area contributed by atoms with E-state index in [4.69, 9.17) is 5.73 Å². The molecule has 0 aromatic carbocycles. The van der Waals surface area contributed by atoms with Crippen LogP contribution in [0.2, 0.25) is 0 Å². The van der Waals surface area contributed by atoms with Gasteiger partial charge in [-0.2, -0.15) is 11.8 Å². The molecule has 0 amide bonds. The zero-order valence-corrected chi connectivity index (χ0v) is 13.2. The standard InChI is InChI=1S/C14H24N2S2/c1-4-12(15)13(14-10(2)5-8-18-14)16(3)11-6-7-17-9-11/h5,8,11-13H,4,6-7,9,15H2,1-3H3. The molecule has 1 aliphatic rings. The van der Waals surface area contributed by atoms with E-state index in [0.29, 0.717) is 12.1 Å². The molecule has 0 aliphatic carbocycles. The second-order valence-corrected chi connectivity index (χ2v) is 7.27. The molecule has 1 saturated heterocycles. The van der Waals surface area contributed by atoms with E-state index in [1.165, 1.54) is 28.4 Å². The lowest BCUT2D eigenvalue weighted by molar-refractivity contribution is 0.164. The molecule has 3 unspecified atom stereocenters. The zero-order chi connectivity index (χ0) is 13.1. The van der Waals surface area contributed by atoms with E-state index in [1.807, 2.05) is 11.3 Å². The summed E-state index contributed by atoms with van der Waals surface area (Å²) >= 11 is 3.93. The van der Waals surface area contributed by atoms with Crippen LogP contribution in [0.4, 0.5) is 0 Å². The Kier molecular flexibility index (Phi) is 5.13. The molecule has 2 rings (SSSR count). The fourth-order valence-corrected chi connectivity index (χ4v) is 5.10. The van der Waals surface area contributed by atoms with Crippen LogP contribution in [-0.4, -0.2) is 35.5 Å². The van der Waals surface area contributed by atoms with Crippen molar-refractivity contribution in [2.24, 2.45) is 5.73 Å². The summed E-state index contributed by atoms with van der Waals surface area (Å²) in [4.78, 5) is 4.00. The molecule has 18 heavy (non-hydrogen) atoms. The van der Waals surface area contributed by atoms with E-state index in [0.717, 1.165) is 6.42 Å². The molecule has 0 spiro atoms. The quantitative estimate of drug-likeness (QED) is 0.900. The number of hydrogen-bond donors (Lipinski definition) is 1. The van der Waals surface area contributed by atoms with Crippen LogP contribution >= 0.6 is 23.1 Å². The number of nitrogens with two attached hydrogens (primary N) is 1. The molecular formula is C14H24N2S2. The summed E-state index contributed by atoms with van der Waals surface area (Å²) in [5.74, 6) is 2.56. The SMILES string of the molecule is CCC(N)C(c1sccc1C)N(C)C1CCSC1. The molecule has 0 radical (unpaired) electrons. The van der Waals surface area contributed by atoms with Crippen molar-refractivity contribution in [1.82, 2.24) is 4.90 Å². The van der Waals surface area contributed by atoms with Crippen LogP contribution in [0, 0.1) is 6.92 Å². The first-order valence-corrected chi connectivity index (χ1v) is 8.77. The van der Waals surface area contributed by atoms with Gasteiger partial charge in [0.2, 0.25) is 0 Å². The Hall–Kier alpha value is -0.0300. The number of likely N-dealkylation sites (N-methyl/N-ethyl adjacent to an activating group) is 1. The minimum atomic E-state index is 0.234. The fourth-order valence-electron chi connectivity index (χ4n) is 2.66. The molecule has 3 atom stereocenters. The lowest BCUT2D eigenvalue weighted by Crippen LogP contribution is -2.43. The highest BCUT2D eigenvalue weighted by molar-refractivity contribution is 7.99. The Balaban J connectivity index is 2.22. The Bertz CT molecular complexity index is 372. The summed E-state index contributed by atoms with van der Waals surface area (Å²) in [6.45, 7) is 4.40. The molecule has 2 N–H and O–H groups in total. The van der Waals surface area contributed by atoms with E-state index in [1.54, 1.807) is 0 Å². The minimum Gasteiger partial charge on any atom is -0.326 e. The number of rotatable bonds is 5. The molecule has 102 valence electrons. The molecule has 1 aromatic heterocycles. The van der Waals surface area contributed by atoms with Crippen molar-refractivity contribution in [2.45, 2.75) is 44.8 Å². The van der Waals surface area contributed by atoms with Gasteiger partial charge in [-0.15, -0.1) is 11.3 Å². The van der Waals surface area contributed by atoms with Gasteiger partial charge < -0.3 is 5.73 Å². The van der Waals surface area contributed by atoms with E-state index >= 15 is 0 Å². The van der Waals surface area contributed by atoms with E-state index in [9.17, 15) is 0 Å². The molecule has 1 aliphatic heterocycles. The van der Waals surface area contributed by atoms with Crippen molar-refractivity contribution in [3.8, 4) is 0 Å². The third-order valence-electron chi connectivity index (χ3n) is 3.97. The number of hydrogen-bond acceptors (Lipinski definition) is 4. The fraction of sp³-hybridized carbons (Fsp3) is 0.714. The van der Waals surface area contributed by atoms with Gasteiger partial charge in [-0.05, 0) is 49.6 Å². The van der Waals surface area contributed by atoms with Crippen LogP contribution in [0.3, 0.4) is 0 Å². The van der Waals surface area contributed by atoms with Crippen LogP contribution in [0.15, 0.2) is 11.4 Å². The van der Waals surface area contributed by atoms with Gasteiger partial charge in [0, 0.05) is 22.7 Å². The Morgan fingerprint density at radius 2 is 2.33 bits per heavy atom. The third kappa shape index (κ3) is 2.93. The third-order valence-corrected chi connectivity index (χ3v) is 6.20. The van der Waals surface area contributed by atoms with Crippen molar-refractivity contribution >= 4 is 23.1 Å². The highest BCUT2D eigenvalue weighted by Crippen LogP contribution is 2.35. The van der Waals surface area contributed by atoms with Crippen molar-refractivity contribution in [1.29, 1.82) is 0 Å². The number of thiophene rings is 1. The summed E-state index contributed by atoms with van der Waals surface area (Å²) in [5, 5.41) is 2.19. The van der Waals surface area contributed by atoms with E-state index in [2.05, 4.69) is 49.0 Å². The molecule has 1 aromatic rings. The summed E-state index contributed by atoms with van der Waals surface area (Å²) in [6, 6.07) is 3.53. The molecule has 4 heteroatoms. The average molecular weight is 284 g/mol. The second-order valence-electron chi connectivity index (χ2n) is 5.17. The Morgan fingerprint density at radius 1 is 1.56 bits per heavy atom. The van der Waals surface area contributed by atoms with Crippen LogP contribution in [0.5, 0.6) is 0 Å². The first-order chi connectivity index (χ1) is 8.65. The lowest BCUT2D eigenvalue weighted by Gasteiger charge is -2.36. The van der Waals surface area contributed by atoms with Gasteiger partial charge in [0.15, 0.2) is 0 Å². The lowest BCUT2D eigenvalue weighted by atomic mass is 9.99. The predicted octanol–water partition coefficient (Wildman–Crippen LogP) is 3.27. The van der Waals surface area contributed by atoms with E-state index in [-0.39, 0.29) is 6.04 Å². The maximum atomic E-state index is 6.40. The Morgan fingerprint density at radius 3 is 2.83 bits per heavy atom. The Labute approximate surface area is 119 Å². The van der Waals surface area contributed by atoms with Crippen LogP contribution in [0.25, 0.3) is 0 Å². The largest absolute Gasteiger partial charge is 0.326 e. The maximum absolute atomic E-state index is 6.40. The van der Waals surface area contributed by atoms with Crippen molar-refractivity contribution in [3.63, 3.8) is 0 Å². The van der Waals surface area contributed by atoms with Crippen molar-refractivity contribution < 1.29 is 0 Å². The van der Waals surface area contributed by atoms with Crippen LogP contribution in [0.1, 0.15) is 36.2 Å². The topological polar surface area (TPSA) is 29.3 Å². The second kappa shape index (κ2) is 6.42. The van der Waals surface area contributed by atoms with Crippen LogP contribution in [-0.2, 0) is 0 Å². The van der Waals surface area contributed by atoms with Gasteiger partial charge >= 0.3 is 0 Å². The molecule has 0 bridgehead atoms. The van der Waals surface area contributed by atoms with Crippen LogP contribution < -0.4 is 5.73 Å². The van der Waals surface area contributed by atoms with Gasteiger partial charge in [0.05, 0.1) is 6.04 Å². The molecule has 2 heterocycles. The summed E-state index contributed by atoms with van der Waals surface area (Å²) in [5.41, 5.74) is 7.80. The summed E-state index contributed by atoms with van der Waals surface area (Å²) in [6.07, 6.45) is 2.34. The maximum Gasteiger partial charge on any atom is 0.0596 e. The first-order valence-electron chi connectivity index (χ1n) is 6.74. The zero-order valence-electron chi connectivity index (χ0n) is 11.6. The smallest absolute Gasteiger partial charge is 0.0596 e. The van der Waals surface area contributed by atoms with Gasteiger partial charge in [-0.25, -0.2) is 0 Å². The van der Waals surface area contributed by atoms with E-state index < -0.39 is 0 Å². The monoisotopic (exact) mass is 284 g/mol.